The molecule has 0 saturated carbocycles. The summed E-state index contributed by atoms with van der Waals surface area (Å²) in [6.45, 7) is 1.89. The Labute approximate surface area is 119 Å². The van der Waals surface area contributed by atoms with Crippen LogP contribution in [0.3, 0.4) is 0 Å². The maximum absolute atomic E-state index is 11.4. The van der Waals surface area contributed by atoms with Crippen LogP contribution in [0.4, 0.5) is 11.4 Å². The molecule has 0 bridgehead atoms. The Morgan fingerprint density at radius 2 is 2.25 bits per heavy atom. The fraction of sp³-hybridized carbons (Fsp3) is 0.533. The first-order valence-corrected chi connectivity index (χ1v) is 7.15. The molecule has 3 N–H and O–H groups in total. The van der Waals surface area contributed by atoms with Crippen LogP contribution in [-0.4, -0.2) is 32.1 Å². The Morgan fingerprint density at radius 1 is 1.40 bits per heavy atom. The van der Waals surface area contributed by atoms with E-state index in [4.69, 9.17) is 10.5 Å². The second-order valence-corrected chi connectivity index (χ2v) is 5.63. The van der Waals surface area contributed by atoms with Crippen LogP contribution in [0.5, 0.6) is 5.75 Å². The summed E-state index contributed by atoms with van der Waals surface area (Å²) >= 11 is 0. The zero-order valence-electron chi connectivity index (χ0n) is 11.8. The summed E-state index contributed by atoms with van der Waals surface area (Å²) < 4.78 is 5.19. The summed E-state index contributed by atoms with van der Waals surface area (Å²) in [4.78, 5) is 13.8. The number of anilines is 2. The van der Waals surface area contributed by atoms with E-state index in [1.165, 1.54) is 0 Å². The van der Waals surface area contributed by atoms with Crippen LogP contribution in [0.2, 0.25) is 0 Å². The number of hydrogen-bond donors (Lipinski definition) is 2. The number of piperidine rings is 2. The van der Waals surface area contributed by atoms with Crippen LogP contribution in [0, 0.1) is 5.92 Å². The Morgan fingerprint density at radius 3 is 3.00 bits per heavy atom. The molecule has 3 rings (SSSR count). The van der Waals surface area contributed by atoms with Crippen LogP contribution < -0.4 is 20.7 Å². The van der Waals surface area contributed by atoms with Crippen molar-refractivity contribution in [1.29, 1.82) is 0 Å². The monoisotopic (exact) mass is 275 g/mol. The van der Waals surface area contributed by atoms with Crippen molar-refractivity contribution in [1.82, 2.24) is 5.32 Å². The molecule has 2 heterocycles. The number of carbonyl (C=O) groups is 1. The second-order valence-electron chi connectivity index (χ2n) is 5.63. The molecule has 2 atom stereocenters. The lowest BCUT2D eigenvalue weighted by Crippen LogP contribution is -2.54. The lowest BCUT2D eigenvalue weighted by atomic mass is 9.85. The fourth-order valence-corrected chi connectivity index (χ4v) is 3.28. The smallest absolute Gasteiger partial charge is 0.220 e. The predicted molar refractivity (Wildman–Crippen MR) is 78.9 cm³/mol. The minimum atomic E-state index is 0.198. The molecule has 0 radical (unpaired) electrons. The second kappa shape index (κ2) is 5.23. The highest BCUT2D eigenvalue weighted by atomic mass is 16.5. The van der Waals surface area contributed by atoms with E-state index in [0.29, 0.717) is 18.4 Å². The van der Waals surface area contributed by atoms with E-state index in [-0.39, 0.29) is 5.91 Å². The highest BCUT2D eigenvalue weighted by Gasteiger charge is 2.34. The summed E-state index contributed by atoms with van der Waals surface area (Å²) in [5.74, 6) is 1.51. The van der Waals surface area contributed by atoms with Gasteiger partial charge >= 0.3 is 0 Å². The number of nitrogens with one attached hydrogen (secondary N) is 1. The molecule has 1 aromatic carbocycles. The highest BCUT2D eigenvalue weighted by Crippen LogP contribution is 2.33. The van der Waals surface area contributed by atoms with Gasteiger partial charge in [0.15, 0.2) is 0 Å². The largest absolute Gasteiger partial charge is 0.497 e. The molecule has 5 nitrogen and oxygen atoms in total. The Hall–Kier alpha value is -1.91. The van der Waals surface area contributed by atoms with E-state index in [0.717, 1.165) is 43.1 Å². The van der Waals surface area contributed by atoms with Gasteiger partial charge in [-0.1, -0.05) is 0 Å². The molecule has 108 valence electrons. The number of benzene rings is 1. The fourth-order valence-electron chi connectivity index (χ4n) is 3.28. The van der Waals surface area contributed by atoms with Crippen LogP contribution >= 0.6 is 0 Å². The van der Waals surface area contributed by atoms with Gasteiger partial charge in [0.1, 0.15) is 5.75 Å². The van der Waals surface area contributed by atoms with Gasteiger partial charge in [-0.3, -0.25) is 4.79 Å². The number of fused-ring (bicyclic) bond motifs is 1. The van der Waals surface area contributed by atoms with Gasteiger partial charge in [-0.05, 0) is 30.9 Å². The van der Waals surface area contributed by atoms with Crippen LogP contribution in [0.25, 0.3) is 0 Å². The average Bonchev–Trinajstić information content (AvgIpc) is 2.46. The van der Waals surface area contributed by atoms with Gasteiger partial charge in [0.25, 0.3) is 0 Å². The van der Waals surface area contributed by atoms with Crippen molar-refractivity contribution in [2.24, 2.45) is 5.92 Å². The number of carbonyl (C=O) groups excluding carboxylic acids is 1. The zero-order valence-corrected chi connectivity index (χ0v) is 11.8. The number of methoxy groups -OCH3 is 1. The lowest BCUT2D eigenvalue weighted by molar-refractivity contribution is -0.124. The van der Waals surface area contributed by atoms with Crippen molar-refractivity contribution in [2.45, 2.75) is 25.3 Å². The molecule has 2 aliphatic rings. The zero-order chi connectivity index (χ0) is 14.1. The normalized spacial score (nSPS) is 25.9. The predicted octanol–water partition coefficient (Wildman–Crippen LogP) is 1.38. The number of rotatable bonds is 2. The molecule has 2 saturated heterocycles. The summed E-state index contributed by atoms with van der Waals surface area (Å²) in [6.07, 6.45) is 2.61. The van der Waals surface area contributed by atoms with E-state index < -0.39 is 0 Å². The van der Waals surface area contributed by atoms with Gasteiger partial charge < -0.3 is 20.7 Å². The maximum atomic E-state index is 11.4. The molecule has 5 heteroatoms. The van der Waals surface area contributed by atoms with Crippen molar-refractivity contribution < 1.29 is 9.53 Å². The average molecular weight is 275 g/mol. The number of nitrogens with two attached hydrogens (primary N) is 1. The van der Waals surface area contributed by atoms with Crippen LogP contribution in [0.1, 0.15) is 19.3 Å². The quantitative estimate of drug-likeness (QED) is 0.800. The van der Waals surface area contributed by atoms with Gasteiger partial charge in [-0.25, -0.2) is 0 Å². The molecule has 2 fully saturated rings. The van der Waals surface area contributed by atoms with Crippen molar-refractivity contribution in [3.63, 3.8) is 0 Å². The minimum Gasteiger partial charge on any atom is -0.497 e. The molecule has 0 aliphatic carbocycles. The first-order chi connectivity index (χ1) is 9.67. The first kappa shape index (κ1) is 13.1. The van der Waals surface area contributed by atoms with E-state index in [1.54, 1.807) is 7.11 Å². The van der Waals surface area contributed by atoms with E-state index in [2.05, 4.69) is 10.2 Å². The third-order valence-electron chi connectivity index (χ3n) is 4.40. The Balaban J connectivity index is 1.74. The number of amides is 1. The molecular weight excluding hydrogens is 254 g/mol. The summed E-state index contributed by atoms with van der Waals surface area (Å²) in [5, 5.41) is 3.11. The minimum absolute atomic E-state index is 0.198. The van der Waals surface area contributed by atoms with E-state index in [1.807, 2.05) is 18.2 Å². The van der Waals surface area contributed by atoms with Crippen molar-refractivity contribution in [3.05, 3.63) is 18.2 Å². The highest BCUT2D eigenvalue weighted by molar-refractivity contribution is 5.77. The summed E-state index contributed by atoms with van der Waals surface area (Å²) in [7, 11) is 1.64. The molecule has 0 aromatic heterocycles. The third-order valence-corrected chi connectivity index (χ3v) is 4.40. The van der Waals surface area contributed by atoms with Crippen molar-refractivity contribution in [3.8, 4) is 5.75 Å². The Bertz CT molecular complexity index is 518. The van der Waals surface area contributed by atoms with Gasteiger partial charge in [-0.15, -0.1) is 0 Å². The number of ether oxygens (including phenoxy) is 1. The maximum Gasteiger partial charge on any atom is 0.220 e. The van der Waals surface area contributed by atoms with Crippen molar-refractivity contribution >= 4 is 17.3 Å². The molecule has 20 heavy (non-hydrogen) atoms. The summed E-state index contributed by atoms with van der Waals surface area (Å²) in [6, 6.07) is 6.17. The lowest BCUT2D eigenvalue weighted by Gasteiger charge is -2.42. The molecule has 1 amide bonds. The molecule has 0 spiro atoms. The number of hydrogen-bond acceptors (Lipinski definition) is 4. The van der Waals surface area contributed by atoms with Gasteiger partial charge in [0.05, 0.1) is 18.5 Å². The van der Waals surface area contributed by atoms with E-state index in [9.17, 15) is 4.79 Å². The Kier molecular flexibility index (Phi) is 3.42. The van der Waals surface area contributed by atoms with Crippen LogP contribution in [-0.2, 0) is 4.79 Å². The van der Waals surface area contributed by atoms with Crippen molar-refractivity contribution in [2.75, 3.05) is 30.8 Å². The molecular formula is C15H21N3O2. The van der Waals surface area contributed by atoms with E-state index >= 15 is 0 Å². The molecule has 2 aliphatic heterocycles. The van der Waals surface area contributed by atoms with Gasteiger partial charge in [0.2, 0.25) is 5.91 Å². The SMILES string of the molecule is COc1ccc(N2CCC3NC(=O)CCC3C2)c(N)c1. The molecule has 2 unspecified atom stereocenters. The topological polar surface area (TPSA) is 67.6 Å². The number of nitrogen functional groups attached to an aromatic ring is 1. The van der Waals surface area contributed by atoms with Gasteiger partial charge in [-0.2, -0.15) is 0 Å². The summed E-state index contributed by atoms with van der Waals surface area (Å²) in [5.41, 5.74) is 7.95. The van der Waals surface area contributed by atoms with Crippen LogP contribution in [0.15, 0.2) is 18.2 Å². The third kappa shape index (κ3) is 2.40. The standard InChI is InChI=1S/C15H21N3O2/c1-20-11-3-4-14(12(16)8-11)18-7-6-13-10(9-18)2-5-15(19)17-13/h3-4,8,10,13H,2,5-7,9,16H2,1H3,(H,17,19). The van der Waals surface area contributed by atoms with Gasteiger partial charge in [0, 0.05) is 31.6 Å². The molecule has 1 aromatic rings. The first-order valence-electron chi connectivity index (χ1n) is 7.15. The number of nitrogens with zero attached hydrogens (tertiary/aromatic N) is 1.